The van der Waals surface area contributed by atoms with Crippen LogP contribution in [0.25, 0.3) is 17.3 Å². The van der Waals surface area contributed by atoms with Crippen LogP contribution in [0.3, 0.4) is 0 Å². The summed E-state index contributed by atoms with van der Waals surface area (Å²) < 4.78 is 10.1. The molecule has 1 heterocycles. The Balaban J connectivity index is 1.48. The van der Waals surface area contributed by atoms with Crippen molar-refractivity contribution in [3.63, 3.8) is 0 Å². The summed E-state index contributed by atoms with van der Waals surface area (Å²) in [6.07, 6.45) is 2.83. The van der Waals surface area contributed by atoms with E-state index in [9.17, 15) is 9.59 Å². The van der Waals surface area contributed by atoms with E-state index in [2.05, 4.69) is 10.3 Å². The molecule has 3 rings (SSSR count). The minimum Gasteiger partial charge on any atom is -0.497 e. The third-order valence-electron chi connectivity index (χ3n) is 3.76. The number of esters is 1. The number of methoxy groups -OCH3 is 1. The quantitative estimate of drug-likeness (QED) is 0.437. The van der Waals surface area contributed by atoms with Crippen LogP contribution < -0.4 is 10.1 Å². The predicted molar refractivity (Wildman–Crippen MR) is 114 cm³/mol. The van der Waals surface area contributed by atoms with Crippen LogP contribution in [0.4, 0.5) is 5.13 Å². The molecule has 0 unspecified atom stereocenters. The van der Waals surface area contributed by atoms with Gasteiger partial charge in [0.2, 0.25) is 0 Å². The number of aromatic nitrogens is 1. The summed E-state index contributed by atoms with van der Waals surface area (Å²) in [6, 6.07) is 14.4. The number of nitrogens with one attached hydrogen (secondary N) is 1. The molecule has 6 nitrogen and oxygen atoms in total. The molecule has 1 N–H and O–H groups in total. The first-order valence-electron chi connectivity index (χ1n) is 8.54. The number of thiazole rings is 1. The summed E-state index contributed by atoms with van der Waals surface area (Å²) in [6.45, 7) is -0.402. The number of carbonyl (C=O) groups excluding carboxylic acids is 2. The topological polar surface area (TPSA) is 77.5 Å². The Bertz CT molecular complexity index is 1010. The molecule has 0 fully saturated rings. The molecular formula is C21H17ClN2O4S. The molecule has 0 saturated heterocycles. The van der Waals surface area contributed by atoms with Gasteiger partial charge in [0.05, 0.1) is 12.8 Å². The fraction of sp³-hybridized carbons (Fsp3) is 0.0952. The van der Waals surface area contributed by atoms with E-state index in [0.29, 0.717) is 10.2 Å². The molecule has 8 heteroatoms. The highest BCUT2D eigenvalue weighted by atomic mass is 35.5. The number of nitrogens with zero attached hydrogens (tertiary/aromatic N) is 1. The molecular weight excluding hydrogens is 412 g/mol. The number of rotatable bonds is 7. The SMILES string of the molecule is COc1ccc(-c2csc(NC(=O)COC(=O)/C=C/c3ccc(Cl)cc3)n2)cc1. The van der Waals surface area contributed by atoms with E-state index in [1.807, 2.05) is 29.6 Å². The van der Waals surface area contributed by atoms with Crippen LogP contribution in [0.5, 0.6) is 5.75 Å². The highest BCUT2D eigenvalue weighted by Gasteiger charge is 2.10. The van der Waals surface area contributed by atoms with Gasteiger partial charge in [-0.1, -0.05) is 23.7 Å². The standard InChI is InChI=1S/C21H17ClN2O4S/c1-27-17-9-5-15(6-10-17)18-13-29-21(23-18)24-19(25)12-28-20(26)11-4-14-2-7-16(22)8-3-14/h2-11,13H,12H2,1H3,(H,23,24,25)/b11-4+. The highest BCUT2D eigenvalue weighted by Crippen LogP contribution is 2.26. The van der Waals surface area contributed by atoms with Crippen molar-refractivity contribution in [2.75, 3.05) is 19.0 Å². The van der Waals surface area contributed by atoms with Gasteiger partial charge in [0.1, 0.15) is 5.75 Å². The van der Waals surface area contributed by atoms with Crippen molar-refractivity contribution in [1.82, 2.24) is 4.98 Å². The van der Waals surface area contributed by atoms with Crippen molar-refractivity contribution in [3.8, 4) is 17.0 Å². The molecule has 0 spiro atoms. The van der Waals surface area contributed by atoms with Gasteiger partial charge >= 0.3 is 5.97 Å². The van der Waals surface area contributed by atoms with E-state index in [4.69, 9.17) is 21.1 Å². The fourth-order valence-electron chi connectivity index (χ4n) is 2.30. The van der Waals surface area contributed by atoms with E-state index < -0.39 is 18.5 Å². The molecule has 0 bridgehead atoms. The molecule has 3 aromatic rings. The molecule has 0 radical (unpaired) electrons. The van der Waals surface area contributed by atoms with E-state index in [1.165, 1.54) is 17.4 Å². The zero-order valence-corrected chi connectivity index (χ0v) is 17.0. The molecule has 2 aromatic carbocycles. The Morgan fingerprint density at radius 1 is 1.14 bits per heavy atom. The molecule has 29 heavy (non-hydrogen) atoms. The monoisotopic (exact) mass is 428 g/mol. The molecule has 0 aliphatic rings. The average Bonchev–Trinajstić information content (AvgIpc) is 3.20. The smallest absolute Gasteiger partial charge is 0.331 e. The molecule has 0 aliphatic carbocycles. The minimum atomic E-state index is -0.617. The van der Waals surface area contributed by atoms with Crippen LogP contribution in [0, 0.1) is 0 Å². The third-order valence-corrected chi connectivity index (χ3v) is 4.77. The number of hydrogen-bond acceptors (Lipinski definition) is 6. The van der Waals surface area contributed by atoms with Crippen LogP contribution in [0.1, 0.15) is 5.56 Å². The third kappa shape index (κ3) is 6.17. The Hall–Kier alpha value is -3.16. The first-order valence-corrected chi connectivity index (χ1v) is 9.79. The fourth-order valence-corrected chi connectivity index (χ4v) is 3.17. The van der Waals surface area contributed by atoms with Gasteiger partial charge in [-0.15, -0.1) is 11.3 Å². The maximum absolute atomic E-state index is 12.0. The summed E-state index contributed by atoms with van der Waals surface area (Å²) in [5.41, 5.74) is 2.43. The molecule has 1 amide bonds. The number of amides is 1. The number of benzene rings is 2. The van der Waals surface area contributed by atoms with Crippen LogP contribution in [-0.4, -0.2) is 30.6 Å². The molecule has 148 valence electrons. The normalized spacial score (nSPS) is 10.7. The van der Waals surface area contributed by atoms with Crippen molar-refractivity contribution in [3.05, 3.63) is 70.6 Å². The van der Waals surface area contributed by atoms with Crippen molar-refractivity contribution < 1.29 is 19.1 Å². The number of carbonyl (C=O) groups is 2. The molecule has 0 saturated carbocycles. The summed E-state index contributed by atoms with van der Waals surface area (Å²) >= 11 is 7.09. The van der Waals surface area contributed by atoms with E-state index in [1.54, 1.807) is 37.5 Å². The van der Waals surface area contributed by atoms with Crippen molar-refractivity contribution in [2.45, 2.75) is 0 Å². The highest BCUT2D eigenvalue weighted by molar-refractivity contribution is 7.14. The number of ether oxygens (including phenoxy) is 2. The lowest BCUT2D eigenvalue weighted by atomic mass is 10.2. The Morgan fingerprint density at radius 2 is 1.86 bits per heavy atom. The largest absolute Gasteiger partial charge is 0.497 e. The second-order valence-corrected chi connectivity index (χ2v) is 7.10. The average molecular weight is 429 g/mol. The van der Waals surface area contributed by atoms with Gasteiger partial charge in [-0.05, 0) is 48.0 Å². The lowest BCUT2D eigenvalue weighted by Gasteiger charge is -2.02. The second-order valence-electron chi connectivity index (χ2n) is 5.81. The number of halogens is 1. The zero-order chi connectivity index (χ0) is 20.6. The first-order chi connectivity index (χ1) is 14.0. The lowest BCUT2D eigenvalue weighted by Crippen LogP contribution is -2.20. The van der Waals surface area contributed by atoms with Gasteiger partial charge in [-0.25, -0.2) is 9.78 Å². The zero-order valence-electron chi connectivity index (χ0n) is 15.4. The lowest BCUT2D eigenvalue weighted by molar-refractivity contribution is -0.142. The van der Waals surface area contributed by atoms with Crippen LogP contribution >= 0.6 is 22.9 Å². The molecule has 1 aromatic heterocycles. The van der Waals surface area contributed by atoms with Crippen molar-refractivity contribution in [1.29, 1.82) is 0 Å². The van der Waals surface area contributed by atoms with Crippen molar-refractivity contribution >= 4 is 46.0 Å². The van der Waals surface area contributed by atoms with Gasteiger partial charge in [0.25, 0.3) is 5.91 Å². The minimum absolute atomic E-state index is 0.402. The van der Waals surface area contributed by atoms with Gasteiger partial charge in [0, 0.05) is 22.0 Å². The first kappa shape index (κ1) is 20.6. The maximum atomic E-state index is 12.0. The Morgan fingerprint density at radius 3 is 2.55 bits per heavy atom. The van der Waals surface area contributed by atoms with Gasteiger partial charge < -0.3 is 9.47 Å². The van der Waals surface area contributed by atoms with Gasteiger partial charge in [0.15, 0.2) is 11.7 Å². The second kappa shape index (κ2) is 9.86. The van der Waals surface area contributed by atoms with Crippen molar-refractivity contribution in [2.24, 2.45) is 0 Å². The summed E-state index contributed by atoms with van der Waals surface area (Å²) in [4.78, 5) is 28.1. The number of hydrogen-bond donors (Lipinski definition) is 1. The Labute approximate surface area is 176 Å². The van der Waals surface area contributed by atoms with Gasteiger partial charge in [-0.2, -0.15) is 0 Å². The molecule has 0 atom stereocenters. The summed E-state index contributed by atoms with van der Waals surface area (Å²) in [5, 5.41) is 5.48. The van der Waals surface area contributed by atoms with Crippen LogP contribution in [-0.2, 0) is 14.3 Å². The predicted octanol–water partition coefficient (Wildman–Crippen LogP) is 4.67. The number of anilines is 1. The summed E-state index contributed by atoms with van der Waals surface area (Å²) in [7, 11) is 1.60. The summed E-state index contributed by atoms with van der Waals surface area (Å²) in [5.74, 6) is -0.327. The van der Waals surface area contributed by atoms with Gasteiger partial charge in [-0.3, -0.25) is 10.1 Å². The van der Waals surface area contributed by atoms with E-state index in [-0.39, 0.29) is 0 Å². The maximum Gasteiger partial charge on any atom is 0.331 e. The molecule has 0 aliphatic heterocycles. The van der Waals surface area contributed by atoms with Crippen LogP contribution in [0.2, 0.25) is 5.02 Å². The van der Waals surface area contributed by atoms with E-state index >= 15 is 0 Å². The van der Waals surface area contributed by atoms with E-state index in [0.717, 1.165) is 22.6 Å². The Kier molecular flexibility index (Phi) is 6.99. The van der Waals surface area contributed by atoms with Crippen LogP contribution in [0.15, 0.2) is 60.0 Å².